The lowest BCUT2D eigenvalue weighted by Crippen LogP contribution is -2.01. The van der Waals surface area contributed by atoms with E-state index in [9.17, 15) is 0 Å². The first-order valence-corrected chi connectivity index (χ1v) is 7.31. The van der Waals surface area contributed by atoms with Gasteiger partial charge in [0.05, 0.1) is 16.7 Å². The standard InChI is InChI=1S/C15H14Cl3NO/c16-11-8-13(17)15(14(18)9-11)20-6-2-4-10-3-1-5-12(19)7-10/h1,3,5,7-9H,2,4,6,19H2. The van der Waals surface area contributed by atoms with Crippen LogP contribution in [0.5, 0.6) is 5.75 Å². The second-order valence-corrected chi connectivity index (χ2v) is 5.65. The number of nitrogen functional groups attached to an aromatic ring is 1. The number of nitrogens with two attached hydrogens (primary N) is 1. The number of rotatable bonds is 5. The molecule has 0 radical (unpaired) electrons. The minimum absolute atomic E-state index is 0.423. The third-order valence-electron chi connectivity index (χ3n) is 2.77. The first-order valence-electron chi connectivity index (χ1n) is 6.18. The molecule has 0 spiro atoms. The molecule has 2 nitrogen and oxygen atoms in total. The van der Waals surface area contributed by atoms with Crippen molar-refractivity contribution >= 4 is 40.5 Å². The number of benzene rings is 2. The van der Waals surface area contributed by atoms with Gasteiger partial charge in [-0.05, 0) is 42.7 Å². The lowest BCUT2D eigenvalue weighted by molar-refractivity contribution is 0.311. The van der Waals surface area contributed by atoms with E-state index in [1.165, 1.54) is 5.56 Å². The zero-order valence-corrected chi connectivity index (χ0v) is 13.0. The van der Waals surface area contributed by atoms with E-state index in [0.717, 1.165) is 18.5 Å². The molecule has 0 saturated carbocycles. The number of hydrogen-bond donors (Lipinski definition) is 1. The summed E-state index contributed by atoms with van der Waals surface area (Å²) in [5.74, 6) is 0.477. The van der Waals surface area contributed by atoms with Crippen LogP contribution >= 0.6 is 34.8 Å². The molecule has 0 unspecified atom stereocenters. The maximum Gasteiger partial charge on any atom is 0.156 e. The van der Waals surface area contributed by atoms with Crippen molar-refractivity contribution in [1.29, 1.82) is 0 Å². The van der Waals surface area contributed by atoms with Crippen LogP contribution in [0.4, 0.5) is 5.69 Å². The highest BCUT2D eigenvalue weighted by Crippen LogP contribution is 2.35. The molecule has 2 rings (SSSR count). The summed E-state index contributed by atoms with van der Waals surface area (Å²) in [5, 5.41) is 1.34. The predicted molar refractivity (Wildman–Crippen MR) is 86.1 cm³/mol. The Morgan fingerprint density at radius 2 is 1.70 bits per heavy atom. The minimum atomic E-state index is 0.423. The van der Waals surface area contributed by atoms with E-state index in [1.807, 2.05) is 24.3 Å². The average Bonchev–Trinajstić information content (AvgIpc) is 2.36. The van der Waals surface area contributed by atoms with E-state index in [2.05, 4.69) is 0 Å². The number of anilines is 1. The van der Waals surface area contributed by atoms with Crippen molar-refractivity contribution in [3.05, 3.63) is 57.0 Å². The first-order chi connectivity index (χ1) is 9.56. The summed E-state index contributed by atoms with van der Waals surface area (Å²) in [6, 6.07) is 11.0. The fourth-order valence-electron chi connectivity index (χ4n) is 1.87. The van der Waals surface area contributed by atoms with Crippen molar-refractivity contribution in [2.45, 2.75) is 12.8 Å². The van der Waals surface area contributed by atoms with Gasteiger partial charge in [0.2, 0.25) is 0 Å². The highest BCUT2D eigenvalue weighted by atomic mass is 35.5. The van der Waals surface area contributed by atoms with Gasteiger partial charge in [0.25, 0.3) is 0 Å². The first kappa shape index (κ1) is 15.3. The van der Waals surface area contributed by atoms with Crippen molar-refractivity contribution in [1.82, 2.24) is 0 Å². The Kier molecular flexibility index (Phi) is 5.41. The van der Waals surface area contributed by atoms with Crippen molar-refractivity contribution in [3.63, 3.8) is 0 Å². The van der Waals surface area contributed by atoms with Crippen LogP contribution in [0.3, 0.4) is 0 Å². The molecule has 0 aliphatic heterocycles. The van der Waals surface area contributed by atoms with Crippen molar-refractivity contribution < 1.29 is 4.74 Å². The van der Waals surface area contributed by atoms with Crippen LogP contribution in [-0.2, 0) is 6.42 Å². The Bertz CT molecular complexity index is 578. The summed E-state index contributed by atoms with van der Waals surface area (Å²) < 4.78 is 5.62. The van der Waals surface area contributed by atoms with Gasteiger partial charge in [-0.25, -0.2) is 0 Å². The van der Waals surface area contributed by atoms with Gasteiger partial charge in [0.1, 0.15) is 0 Å². The fourth-order valence-corrected chi connectivity index (χ4v) is 2.79. The molecule has 2 N–H and O–H groups in total. The SMILES string of the molecule is Nc1cccc(CCCOc2c(Cl)cc(Cl)cc2Cl)c1. The predicted octanol–water partition coefficient (Wildman–Crippen LogP) is 5.24. The zero-order valence-electron chi connectivity index (χ0n) is 10.7. The van der Waals surface area contributed by atoms with Crippen molar-refractivity contribution in [2.24, 2.45) is 0 Å². The van der Waals surface area contributed by atoms with Crippen molar-refractivity contribution in [2.75, 3.05) is 12.3 Å². The lowest BCUT2D eigenvalue weighted by Gasteiger charge is -2.10. The molecule has 0 aromatic heterocycles. The summed E-state index contributed by atoms with van der Waals surface area (Å²) in [7, 11) is 0. The van der Waals surface area contributed by atoms with Crippen LogP contribution < -0.4 is 10.5 Å². The molecule has 106 valence electrons. The molecule has 0 atom stereocenters. The van der Waals surface area contributed by atoms with Gasteiger partial charge < -0.3 is 10.5 Å². The summed E-state index contributed by atoms with van der Waals surface area (Å²) in [5.41, 5.74) is 7.68. The smallest absolute Gasteiger partial charge is 0.156 e. The Hall–Kier alpha value is -1.09. The topological polar surface area (TPSA) is 35.2 Å². The minimum Gasteiger partial charge on any atom is -0.490 e. The van der Waals surface area contributed by atoms with Gasteiger partial charge in [-0.3, -0.25) is 0 Å². The summed E-state index contributed by atoms with van der Waals surface area (Å²) in [6.45, 7) is 0.524. The quantitative estimate of drug-likeness (QED) is 0.601. The molecule has 5 heteroatoms. The normalized spacial score (nSPS) is 10.6. The van der Waals surface area contributed by atoms with Crippen molar-refractivity contribution in [3.8, 4) is 5.75 Å². The lowest BCUT2D eigenvalue weighted by atomic mass is 10.1. The van der Waals surface area contributed by atoms with E-state index in [0.29, 0.717) is 27.4 Å². The molecular formula is C15H14Cl3NO. The molecule has 0 amide bonds. The molecule has 0 aliphatic carbocycles. The second-order valence-electron chi connectivity index (χ2n) is 4.40. The highest BCUT2D eigenvalue weighted by Gasteiger charge is 2.08. The maximum absolute atomic E-state index is 6.04. The highest BCUT2D eigenvalue weighted by molar-refractivity contribution is 6.40. The average molecular weight is 331 g/mol. The monoisotopic (exact) mass is 329 g/mol. The number of halogens is 3. The second kappa shape index (κ2) is 7.07. The van der Waals surface area contributed by atoms with Crippen LogP contribution in [0.25, 0.3) is 0 Å². The number of hydrogen-bond acceptors (Lipinski definition) is 2. The zero-order chi connectivity index (χ0) is 14.5. The Labute approximate surface area is 133 Å². The van der Waals surface area contributed by atoms with Crippen LogP contribution in [0.2, 0.25) is 15.1 Å². The van der Waals surface area contributed by atoms with Crippen LogP contribution in [0.1, 0.15) is 12.0 Å². The third-order valence-corrected chi connectivity index (χ3v) is 3.55. The molecule has 0 aliphatic rings. The van der Waals surface area contributed by atoms with E-state index < -0.39 is 0 Å². The number of ether oxygens (including phenoxy) is 1. The van der Waals surface area contributed by atoms with Gasteiger partial charge in [-0.2, -0.15) is 0 Å². The molecule has 0 saturated heterocycles. The fraction of sp³-hybridized carbons (Fsp3) is 0.200. The van der Waals surface area contributed by atoms with Gasteiger partial charge in [-0.1, -0.05) is 46.9 Å². The molecule has 0 fully saturated rings. The van der Waals surface area contributed by atoms with Gasteiger partial charge >= 0.3 is 0 Å². The Morgan fingerprint density at radius 3 is 2.35 bits per heavy atom. The Balaban J connectivity index is 1.88. The molecule has 20 heavy (non-hydrogen) atoms. The molecule has 0 bridgehead atoms. The summed E-state index contributed by atoms with van der Waals surface area (Å²) >= 11 is 17.9. The Morgan fingerprint density at radius 1 is 1.00 bits per heavy atom. The van der Waals surface area contributed by atoms with Gasteiger partial charge in [0.15, 0.2) is 5.75 Å². The van der Waals surface area contributed by atoms with E-state index in [4.69, 9.17) is 45.3 Å². The summed E-state index contributed by atoms with van der Waals surface area (Å²) in [6.07, 6.45) is 1.73. The van der Waals surface area contributed by atoms with E-state index in [-0.39, 0.29) is 0 Å². The third kappa shape index (κ3) is 4.20. The summed E-state index contributed by atoms with van der Waals surface area (Å²) in [4.78, 5) is 0. The molecule has 0 heterocycles. The van der Waals surface area contributed by atoms with E-state index >= 15 is 0 Å². The number of aryl methyl sites for hydroxylation is 1. The van der Waals surface area contributed by atoms with E-state index in [1.54, 1.807) is 12.1 Å². The van der Waals surface area contributed by atoms with Crippen LogP contribution in [0.15, 0.2) is 36.4 Å². The van der Waals surface area contributed by atoms with Crippen LogP contribution in [-0.4, -0.2) is 6.61 Å². The molecule has 2 aromatic rings. The largest absolute Gasteiger partial charge is 0.490 e. The molecule has 2 aromatic carbocycles. The van der Waals surface area contributed by atoms with Gasteiger partial charge in [0, 0.05) is 10.7 Å². The van der Waals surface area contributed by atoms with Gasteiger partial charge in [-0.15, -0.1) is 0 Å². The van der Waals surface area contributed by atoms with Crippen LogP contribution in [0, 0.1) is 0 Å². The maximum atomic E-state index is 6.04. The molecular weight excluding hydrogens is 317 g/mol.